The average Bonchev–Trinajstić information content (AvgIpc) is 2.78. The van der Waals surface area contributed by atoms with Crippen LogP contribution in [0.1, 0.15) is 21.5 Å². The average molecular weight is 417 g/mol. The third-order valence-corrected chi connectivity index (χ3v) is 6.08. The molecule has 2 amide bonds. The number of hydrogen-bond donors (Lipinski definition) is 1. The van der Waals surface area contributed by atoms with E-state index in [0.29, 0.717) is 5.56 Å². The van der Waals surface area contributed by atoms with Gasteiger partial charge >= 0.3 is 0 Å². The van der Waals surface area contributed by atoms with Crippen LogP contribution in [0.3, 0.4) is 0 Å². The highest BCUT2D eigenvalue weighted by molar-refractivity contribution is 5.99. The van der Waals surface area contributed by atoms with Crippen molar-refractivity contribution in [3.63, 3.8) is 0 Å². The van der Waals surface area contributed by atoms with E-state index in [1.54, 1.807) is 7.05 Å². The molecule has 0 aromatic heterocycles. The first kappa shape index (κ1) is 21.1. The second-order valence-corrected chi connectivity index (χ2v) is 8.52. The number of rotatable bonds is 5. The zero-order valence-corrected chi connectivity index (χ0v) is 18.3. The molecule has 160 valence electrons. The first-order valence-corrected chi connectivity index (χ1v) is 10.9. The van der Waals surface area contributed by atoms with Gasteiger partial charge in [0.1, 0.15) is 6.54 Å². The second kappa shape index (κ2) is 9.31. The molecule has 0 saturated carbocycles. The first-order chi connectivity index (χ1) is 15.0. The normalized spacial score (nSPS) is 14.6. The van der Waals surface area contributed by atoms with Crippen LogP contribution in [0.15, 0.2) is 66.7 Å². The predicted molar refractivity (Wildman–Crippen MR) is 123 cm³/mol. The minimum absolute atomic E-state index is 0.0197. The molecule has 31 heavy (non-hydrogen) atoms. The highest BCUT2D eigenvalue weighted by Gasteiger charge is 2.25. The van der Waals surface area contributed by atoms with Crippen LogP contribution in [0.5, 0.6) is 0 Å². The lowest BCUT2D eigenvalue weighted by Gasteiger charge is -2.33. The summed E-state index contributed by atoms with van der Waals surface area (Å²) in [6.07, 6.45) is 0. The van der Waals surface area contributed by atoms with Gasteiger partial charge in [-0.1, -0.05) is 60.2 Å². The molecule has 1 fully saturated rings. The van der Waals surface area contributed by atoms with Gasteiger partial charge in [0.2, 0.25) is 5.91 Å². The number of hydrogen-bond acceptors (Lipinski definition) is 2. The van der Waals surface area contributed by atoms with Gasteiger partial charge in [0.25, 0.3) is 5.91 Å². The van der Waals surface area contributed by atoms with E-state index in [2.05, 4.69) is 31.2 Å². The zero-order valence-electron chi connectivity index (χ0n) is 18.3. The Hall–Kier alpha value is -3.18. The molecule has 3 aromatic carbocycles. The molecule has 1 aliphatic rings. The van der Waals surface area contributed by atoms with Crippen LogP contribution < -0.4 is 4.90 Å². The van der Waals surface area contributed by atoms with Crippen LogP contribution in [0, 0.1) is 6.92 Å². The van der Waals surface area contributed by atoms with Gasteiger partial charge in [-0.05, 0) is 29.8 Å². The van der Waals surface area contributed by atoms with E-state index in [4.69, 9.17) is 0 Å². The highest BCUT2D eigenvalue weighted by Crippen LogP contribution is 2.16. The fraction of sp³-hybridized carbons (Fsp3) is 0.308. The van der Waals surface area contributed by atoms with Gasteiger partial charge in [0.05, 0.1) is 32.7 Å². The molecular formula is C26H30N3O2+. The molecular weight excluding hydrogens is 386 g/mol. The third-order valence-electron chi connectivity index (χ3n) is 6.08. The van der Waals surface area contributed by atoms with Crippen molar-refractivity contribution < 1.29 is 14.5 Å². The van der Waals surface area contributed by atoms with E-state index in [9.17, 15) is 9.59 Å². The van der Waals surface area contributed by atoms with E-state index >= 15 is 0 Å². The summed E-state index contributed by atoms with van der Waals surface area (Å²) < 4.78 is 0. The number of likely N-dealkylation sites (N-methyl/N-ethyl adjacent to an activating group) is 1. The maximum absolute atomic E-state index is 12.8. The van der Waals surface area contributed by atoms with Crippen LogP contribution in [-0.2, 0) is 11.3 Å². The monoisotopic (exact) mass is 416 g/mol. The standard InChI is InChI=1S/C26H29N3O2/c1-20-6-5-7-21(16-20)18-28-12-14-29(15-13-28)25(30)19-27(2)26(31)24-11-10-22-8-3-4-9-23(22)17-24/h3-11,16-17H,12-15,18-19H2,1-2H3/p+1. The van der Waals surface area contributed by atoms with Crippen molar-refractivity contribution in [1.29, 1.82) is 0 Å². The molecule has 0 unspecified atom stereocenters. The number of aryl methyl sites for hydroxylation is 1. The molecule has 5 nitrogen and oxygen atoms in total. The smallest absolute Gasteiger partial charge is 0.254 e. The summed E-state index contributed by atoms with van der Waals surface area (Å²) in [5, 5.41) is 2.13. The Morgan fingerprint density at radius 1 is 0.935 bits per heavy atom. The number of fused-ring (bicyclic) bond motifs is 1. The van der Waals surface area contributed by atoms with E-state index in [1.165, 1.54) is 20.9 Å². The van der Waals surface area contributed by atoms with E-state index < -0.39 is 0 Å². The quantitative estimate of drug-likeness (QED) is 0.693. The molecule has 0 aliphatic carbocycles. The van der Waals surface area contributed by atoms with Crippen LogP contribution >= 0.6 is 0 Å². The summed E-state index contributed by atoms with van der Waals surface area (Å²) in [5.74, 6) is -0.103. The molecule has 0 radical (unpaired) electrons. The van der Waals surface area contributed by atoms with E-state index in [-0.39, 0.29) is 18.4 Å². The van der Waals surface area contributed by atoms with Crippen molar-refractivity contribution in [3.05, 3.63) is 83.4 Å². The molecule has 4 rings (SSSR count). The Kier molecular flexibility index (Phi) is 6.33. The fourth-order valence-electron chi connectivity index (χ4n) is 4.28. The molecule has 0 bridgehead atoms. The van der Waals surface area contributed by atoms with E-state index in [0.717, 1.165) is 43.5 Å². The summed E-state index contributed by atoms with van der Waals surface area (Å²) in [4.78, 5) is 30.5. The first-order valence-electron chi connectivity index (χ1n) is 10.9. The van der Waals surface area contributed by atoms with E-state index in [1.807, 2.05) is 47.4 Å². The summed E-state index contributed by atoms with van der Waals surface area (Å²) in [6.45, 7) is 6.55. The number of quaternary nitrogens is 1. The summed E-state index contributed by atoms with van der Waals surface area (Å²) in [5.41, 5.74) is 3.24. The van der Waals surface area contributed by atoms with Gasteiger partial charge < -0.3 is 14.7 Å². The van der Waals surface area contributed by atoms with Crippen LogP contribution in [0.25, 0.3) is 10.8 Å². The molecule has 5 heteroatoms. The minimum atomic E-state index is -0.122. The predicted octanol–water partition coefficient (Wildman–Crippen LogP) is 2.15. The minimum Gasteiger partial charge on any atom is -0.332 e. The Bertz CT molecular complexity index is 1090. The molecule has 1 N–H and O–H groups in total. The number of nitrogens with zero attached hydrogens (tertiary/aromatic N) is 2. The number of carbonyl (C=O) groups excluding carboxylic acids is 2. The zero-order chi connectivity index (χ0) is 21.8. The highest BCUT2D eigenvalue weighted by atomic mass is 16.2. The summed E-state index contributed by atoms with van der Waals surface area (Å²) in [7, 11) is 1.70. The summed E-state index contributed by atoms with van der Waals surface area (Å²) >= 11 is 0. The lowest BCUT2D eigenvalue weighted by molar-refractivity contribution is -0.917. The molecule has 1 heterocycles. The van der Waals surface area contributed by atoms with Crippen molar-refractivity contribution in [1.82, 2.24) is 9.80 Å². The summed E-state index contributed by atoms with van der Waals surface area (Å²) in [6, 6.07) is 22.3. The van der Waals surface area contributed by atoms with Crippen molar-refractivity contribution in [2.24, 2.45) is 0 Å². The topological polar surface area (TPSA) is 45.1 Å². The number of piperazine rings is 1. The lowest BCUT2D eigenvalue weighted by atomic mass is 10.1. The van der Waals surface area contributed by atoms with Crippen molar-refractivity contribution in [3.8, 4) is 0 Å². The number of benzene rings is 3. The number of amides is 2. The molecule has 1 aliphatic heterocycles. The number of nitrogens with one attached hydrogen (secondary N) is 1. The van der Waals surface area contributed by atoms with Gasteiger partial charge in [-0.2, -0.15) is 0 Å². The molecule has 1 saturated heterocycles. The fourth-order valence-corrected chi connectivity index (χ4v) is 4.28. The lowest BCUT2D eigenvalue weighted by Crippen LogP contribution is -3.13. The Labute approximate surface area is 183 Å². The Balaban J connectivity index is 1.30. The third kappa shape index (κ3) is 5.12. The van der Waals surface area contributed by atoms with Crippen LogP contribution in [-0.4, -0.2) is 61.4 Å². The van der Waals surface area contributed by atoms with Crippen LogP contribution in [0.4, 0.5) is 0 Å². The van der Waals surface area contributed by atoms with Crippen molar-refractivity contribution in [2.45, 2.75) is 13.5 Å². The number of carbonyl (C=O) groups is 2. The van der Waals surface area contributed by atoms with Gasteiger partial charge in [0, 0.05) is 18.2 Å². The Morgan fingerprint density at radius 3 is 2.42 bits per heavy atom. The van der Waals surface area contributed by atoms with Crippen molar-refractivity contribution in [2.75, 3.05) is 39.8 Å². The maximum Gasteiger partial charge on any atom is 0.254 e. The van der Waals surface area contributed by atoms with Crippen molar-refractivity contribution >= 4 is 22.6 Å². The maximum atomic E-state index is 12.8. The molecule has 0 atom stereocenters. The molecule has 0 spiro atoms. The van der Waals surface area contributed by atoms with Crippen LogP contribution in [0.2, 0.25) is 0 Å². The Morgan fingerprint density at radius 2 is 1.68 bits per heavy atom. The van der Waals surface area contributed by atoms with Gasteiger partial charge in [0.15, 0.2) is 0 Å². The second-order valence-electron chi connectivity index (χ2n) is 8.52. The largest absolute Gasteiger partial charge is 0.332 e. The van der Waals surface area contributed by atoms with Gasteiger partial charge in [-0.25, -0.2) is 0 Å². The van der Waals surface area contributed by atoms with Gasteiger partial charge in [-0.15, -0.1) is 0 Å². The molecule has 3 aromatic rings. The SMILES string of the molecule is Cc1cccc(C[NH+]2CCN(C(=O)CN(C)C(=O)c3ccc4ccccc4c3)CC2)c1. The van der Waals surface area contributed by atoms with Gasteiger partial charge in [-0.3, -0.25) is 9.59 Å².